The van der Waals surface area contributed by atoms with Crippen LogP contribution in [0, 0.1) is 17.8 Å². The van der Waals surface area contributed by atoms with E-state index in [9.17, 15) is 4.79 Å². The van der Waals surface area contributed by atoms with Gasteiger partial charge >= 0.3 is 0 Å². The van der Waals surface area contributed by atoms with Crippen molar-refractivity contribution in [1.29, 1.82) is 0 Å². The minimum Gasteiger partial charge on any atom is -0.384 e. The number of carbonyl (C=O) groups is 1. The van der Waals surface area contributed by atoms with E-state index in [2.05, 4.69) is 24.1 Å². The molecule has 1 amide bonds. The van der Waals surface area contributed by atoms with Crippen molar-refractivity contribution >= 4 is 5.91 Å². The Hall–Kier alpha value is -1.79. The summed E-state index contributed by atoms with van der Waals surface area (Å²) < 4.78 is 0. The Bertz CT molecular complexity index is 536. The molecule has 112 valence electrons. The Balaban J connectivity index is 2.05. The molecule has 1 aliphatic carbocycles. The van der Waals surface area contributed by atoms with Crippen LogP contribution < -0.4 is 5.32 Å². The van der Waals surface area contributed by atoms with Gasteiger partial charge in [0.25, 0.3) is 5.91 Å². The van der Waals surface area contributed by atoms with Crippen LogP contribution in [0.3, 0.4) is 0 Å². The van der Waals surface area contributed by atoms with Gasteiger partial charge in [-0.25, -0.2) is 0 Å². The van der Waals surface area contributed by atoms with Gasteiger partial charge in [0.15, 0.2) is 0 Å². The Morgan fingerprint density at radius 1 is 1.33 bits per heavy atom. The van der Waals surface area contributed by atoms with Crippen LogP contribution in [0.4, 0.5) is 0 Å². The van der Waals surface area contributed by atoms with E-state index in [1.165, 1.54) is 32.1 Å². The molecule has 2 N–H and O–H groups in total. The third-order valence-corrected chi connectivity index (χ3v) is 4.19. The lowest BCUT2D eigenvalue weighted by Crippen LogP contribution is -2.39. The highest BCUT2D eigenvalue weighted by Gasteiger charge is 2.22. The number of nitrogens with one attached hydrogen (secondary N) is 1. The minimum absolute atomic E-state index is 0.0732. The van der Waals surface area contributed by atoms with E-state index in [4.69, 9.17) is 5.11 Å². The van der Waals surface area contributed by atoms with Crippen molar-refractivity contribution in [1.82, 2.24) is 5.32 Å². The highest BCUT2D eigenvalue weighted by atomic mass is 16.2. The number of aliphatic hydroxyl groups excluding tert-OH is 1. The van der Waals surface area contributed by atoms with E-state index in [0.29, 0.717) is 17.0 Å². The zero-order valence-corrected chi connectivity index (χ0v) is 12.6. The fourth-order valence-electron chi connectivity index (χ4n) is 2.96. The SMILES string of the molecule is CC(NC(=O)c1ccccc1C#CCO)C1CCCCC1. The zero-order valence-electron chi connectivity index (χ0n) is 12.6. The van der Waals surface area contributed by atoms with E-state index in [1.807, 2.05) is 18.2 Å². The van der Waals surface area contributed by atoms with Crippen LogP contribution in [-0.2, 0) is 0 Å². The van der Waals surface area contributed by atoms with Crippen LogP contribution in [0.15, 0.2) is 24.3 Å². The molecule has 1 aromatic carbocycles. The van der Waals surface area contributed by atoms with Gasteiger partial charge in [-0.05, 0) is 37.8 Å². The summed E-state index contributed by atoms with van der Waals surface area (Å²) in [5.41, 5.74) is 1.25. The average molecular weight is 285 g/mol. The van der Waals surface area contributed by atoms with Crippen LogP contribution >= 0.6 is 0 Å². The summed E-state index contributed by atoms with van der Waals surface area (Å²) in [7, 11) is 0. The topological polar surface area (TPSA) is 49.3 Å². The second kappa shape index (κ2) is 7.85. The molecule has 0 saturated heterocycles. The normalized spacial score (nSPS) is 16.7. The molecule has 0 bridgehead atoms. The second-order valence-corrected chi connectivity index (χ2v) is 5.67. The molecule has 1 saturated carbocycles. The van der Waals surface area contributed by atoms with Gasteiger partial charge in [0.1, 0.15) is 6.61 Å². The number of rotatable bonds is 3. The number of aliphatic hydroxyl groups is 1. The lowest BCUT2D eigenvalue weighted by molar-refractivity contribution is 0.0919. The van der Waals surface area contributed by atoms with Crippen molar-refractivity contribution in [3.05, 3.63) is 35.4 Å². The summed E-state index contributed by atoms with van der Waals surface area (Å²) in [4.78, 5) is 12.4. The fraction of sp³-hybridized carbons (Fsp3) is 0.500. The van der Waals surface area contributed by atoms with Gasteiger partial charge in [0.2, 0.25) is 0 Å². The summed E-state index contributed by atoms with van der Waals surface area (Å²) in [5, 5.41) is 11.9. The van der Waals surface area contributed by atoms with Gasteiger partial charge in [-0.3, -0.25) is 4.79 Å². The molecule has 1 fully saturated rings. The number of amides is 1. The van der Waals surface area contributed by atoms with E-state index in [0.717, 1.165) is 0 Å². The molecule has 0 aromatic heterocycles. The Morgan fingerprint density at radius 3 is 2.76 bits per heavy atom. The monoisotopic (exact) mass is 285 g/mol. The summed E-state index contributed by atoms with van der Waals surface area (Å²) >= 11 is 0. The van der Waals surface area contributed by atoms with Crippen LogP contribution in [-0.4, -0.2) is 23.7 Å². The molecular weight excluding hydrogens is 262 g/mol. The maximum atomic E-state index is 12.4. The Morgan fingerprint density at radius 2 is 2.05 bits per heavy atom. The first-order chi connectivity index (χ1) is 10.2. The van der Waals surface area contributed by atoms with Gasteiger partial charge in [-0.2, -0.15) is 0 Å². The highest BCUT2D eigenvalue weighted by molar-refractivity contribution is 5.96. The standard InChI is InChI=1S/C18H23NO2/c1-14(15-8-3-2-4-9-15)19-18(21)17-12-6-5-10-16(17)11-7-13-20/h5-6,10,12,14-15,20H,2-4,8-9,13H2,1H3,(H,19,21). The highest BCUT2D eigenvalue weighted by Crippen LogP contribution is 2.26. The second-order valence-electron chi connectivity index (χ2n) is 5.67. The van der Waals surface area contributed by atoms with Gasteiger partial charge < -0.3 is 10.4 Å². The maximum Gasteiger partial charge on any atom is 0.252 e. The maximum absolute atomic E-state index is 12.4. The van der Waals surface area contributed by atoms with Crippen LogP contribution in [0.25, 0.3) is 0 Å². The molecule has 1 aromatic rings. The first-order valence-electron chi connectivity index (χ1n) is 7.72. The first kappa shape index (κ1) is 15.6. The largest absolute Gasteiger partial charge is 0.384 e. The van der Waals surface area contributed by atoms with E-state index >= 15 is 0 Å². The van der Waals surface area contributed by atoms with Gasteiger partial charge in [0.05, 0.1) is 5.56 Å². The summed E-state index contributed by atoms with van der Waals surface area (Å²) in [5.74, 6) is 5.95. The van der Waals surface area contributed by atoms with Crippen LogP contribution in [0.1, 0.15) is 54.9 Å². The third-order valence-electron chi connectivity index (χ3n) is 4.19. The van der Waals surface area contributed by atoms with Crippen molar-refractivity contribution in [2.45, 2.75) is 45.1 Å². The Labute approximate surface area is 126 Å². The molecule has 0 spiro atoms. The van der Waals surface area contributed by atoms with E-state index < -0.39 is 0 Å². The Kier molecular flexibility index (Phi) is 5.83. The lowest BCUT2D eigenvalue weighted by atomic mass is 9.84. The summed E-state index contributed by atoms with van der Waals surface area (Å²) in [6.07, 6.45) is 6.25. The van der Waals surface area contributed by atoms with Gasteiger partial charge in [0, 0.05) is 11.6 Å². The third kappa shape index (κ3) is 4.34. The van der Waals surface area contributed by atoms with Gasteiger partial charge in [-0.15, -0.1) is 0 Å². The summed E-state index contributed by atoms with van der Waals surface area (Å²) in [6.45, 7) is 1.89. The number of hydrogen-bond donors (Lipinski definition) is 2. The van der Waals surface area contributed by atoms with Crippen molar-refractivity contribution in [3.63, 3.8) is 0 Å². The van der Waals surface area contributed by atoms with Crippen molar-refractivity contribution in [3.8, 4) is 11.8 Å². The summed E-state index contributed by atoms with van der Waals surface area (Å²) in [6, 6.07) is 7.47. The molecule has 21 heavy (non-hydrogen) atoms. The van der Waals surface area contributed by atoms with Crippen molar-refractivity contribution < 1.29 is 9.90 Å². The molecule has 3 nitrogen and oxygen atoms in total. The van der Waals surface area contributed by atoms with E-state index in [1.54, 1.807) is 6.07 Å². The number of benzene rings is 1. The predicted molar refractivity (Wildman–Crippen MR) is 83.9 cm³/mol. The van der Waals surface area contributed by atoms with E-state index in [-0.39, 0.29) is 18.6 Å². The molecule has 1 unspecified atom stereocenters. The smallest absolute Gasteiger partial charge is 0.252 e. The molecule has 0 heterocycles. The molecule has 0 radical (unpaired) electrons. The number of carbonyl (C=O) groups excluding carboxylic acids is 1. The zero-order chi connectivity index (χ0) is 15.1. The molecule has 1 aliphatic rings. The quantitative estimate of drug-likeness (QED) is 0.839. The molecule has 3 heteroatoms. The molecule has 2 rings (SSSR count). The minimum atomic E-state index is -0.200. The molecule has 0 aliphatic heterocycles. The predicted octanol–water partition coefficient (Wildman–Crippen LogP) is 2.73. The van der Waals surface area contributed by atoms with Crippen LogP contribution in [0.5, 0.6) is 0 Å². The lowest BCUT2D eigenvalue weighted by Gasteiger charge is -2.28. The van der Waals surface area contributed by atoms with Crippen molar-refractivity contribution in [2.24, 2.45) is 5.92 Å². The molecule has 1 atom stereocenters. The number of hydrogen-bond acceptors (Lipinski definition) is 2. The van der Waals surface area contributed by atoms with Gasteiger partial charge in [-0.1, -0.05) is 43.2 Å². The van der Waals surface area contributed by atoms with Crippen molar-refractivity contribution in [2.75, 3.05) is 6.61 Å². The first-order valence-corrected chi connectivity index (χ1v) is 7.72. The molecular formula is C18H23NO2. The fourth-order valence-corrected chi connectivity index (χ4v) is 2.96. The van der Waals surface area contributed by atoms with Crippen LogP contribution in [0.2, 0.25) is 0 Å². The average Bonchev–Trinajstić information content (AvgIpc) is 2.54.